The van der Waals surface area contributed by atoms with Crippen LogP contribution in [0.4, 0.5) is 0 Å². The van der Waals surface area contributed by atoms with Gasteiger partial charge in [-0.3, -0.25) is 9.59 Å². The first-order valence-electron chi connectivity index (χ1n) is 9.24. The Morgan fingerprint density at radius 1 is 0.929 bits per heavy atom. The third-order valence-corrected chi connectivity index (χ3v) is 5.18. The molecule has 0 radical (unpaired) electrons. The quantitative estimate of drug-likeness (QED) is 0.659. The highest BCUT2D eigenvalue weighted by molar-refractivity contribution is 6.36. The highest BCUT2D eigenvalue weighted by atomic mass is 35.5. The second kappa shape index (κ2) is 9.80. The molecular formula is C21H22Cl2N2O3. The van der Waals surface area contributed by atoms with E-state index >= 15 is 0 Å². The lowest BCUT2D eigenvalue weighted by Crippen LogP contribution is -2.50. The summed E-state index contributed by atoms with van der Waals surface area (Å²) in [4.78, 5) is 28.5. The van der Waals surface area contributed by atoms with Crippen LogP contribution < -0.4 is 4.74 Å². The highest BCUT2D eigenvalue weighted by Crippen LogP contribution is 2.23. The van der Waals surface area contributed by atoms with Gasteiger partial charge in [-0.05, 0) is 36.8 Å². The number of para-hydroxylation sites is 1. The minimum absolute atomic E-state index is 0.0910. The molecule has 0 aliphatic carbocycles. The van der Waals surface area contributed by atoms with Crippen molar-refractivity contribution in [2.24, 2.45) is 0 Å². The molecule has 0 atom stereocenters. The Bertz CT molecular complexity index is 822. The van der Waals surface area contributed by atoms with Crippen LogP contribution in [0.15, 0.2) is 48.5 Å². The topological polar surface area (TPSA) is 49.9 Å². The van der Waals surface area contributed by atoms with Gasteiger partial charge in [0.05, 0.1) is 17.2 Å². The smallest absolute Gasteiger partial charge is 0.255 e. The van der Waals surface area contributed by atoms with Gasteiger partial charge in [-0.15, -0.1) is 0 Å². The van der Waals surface area contributed by atoms with Gasteiger partial charge in [-0.1, -0.05) is 41.4 Å². The van der Waals surface area contributed by atoms with Crippen LogP contribution in [0.3, 0.4) is 0 Å². The van der Waals surface area contributed by atoms with E-state index in [-0.39, 0.29) is 11.8 Å². The first kappa shape index (κ1) is 20.5. The zero-order valence-corrected chi connectivity index (χ0v) is 17.0. The number of rotatable bonds is 6. The molecule has 0 spiro atoms. The number of carbonyl (C=O) groups excluding carboxylic acids is 2. The first-order chi connectivity index (χ1) is 13.5. The predicted molar refractivity (Wildman–Crippen MR) is 110 cm³/mol. The van der Waals surface area contributed by atoms with Gasteiger partial charge in [0.15, 0.2) is 0 Å². The molecule has 1 fully saturated rings. The highest BCUT2D eigenvalue weighted by Gasteiger charge is 2.25. The van der Waals surface area contributed by atoms with Crippen molar-refractivity contribution in [3.8, 4) is 5.75 Å². The number of halogens is 2. The average molecular weight is 421 g/mol. The van der Waals surface area contributed by atoms with Crippen molar-refractivity contribution in [1.82, 2.24) is 9.80 Å². The number of nitrogens with zero attached hydrogens (tertiary/aromatic N) is 2. The number of amides is 2. The minimum Gasteiger partial charge on any atom is -0.494 e. The summed E-state index contributed by atoms with van der Waals surface area (Å²) >= 11 is 12.0. The number of piperazine rings is 1. The van der Waals surface area contributed by atoms with Gasteiger partial charge < -0.3 is 14.5 Å². The second-order valence-electron chi connectivity index (χ2n) is 6.56. The fraction of sp³-hybridized carbons (Fsp3) is 0.333. The summed E-state index contributed by atoms with van der Waals surface area (Å²) in [6, 6.07) is 14.4. The van der Waals surface area contributed by atoms with Crippen molar-refractivity contribution in [3.63, 3.8) is 0 Å². The standard InChI is InChI=1S/C21H22Cl2N2O3/c22-16-8-9-18(19(23)15-16)21(27)25-12-10-24(11-13-25)20(26)7-4-14-28-17-5-2-1-3-6-17/h1-3,5-6,8-9,15H,4,7,10-14H2. The number of hydrogen-bond donors (Lipinski definition) is 0. The fourth-order valence-corrected chi connectivity index (χ4v) is 3.57. The molecule has 0 bridgehead atoms. The Morgan fingerprint density at radius 3 is 2.29 bits per heavy atom. The SMILES string of the molecule is O=C(CCCOc1ccccc1)N1CCN(C(=O)c2ccc(Cl)cc2Cl)CC1. The van der Waals surface area contributed by atoms with E-state index in [0.717, 1.165) is 5.75 Å². The van der Waals surface area contributed by atoms with Crippen molar-refractivity contribution in [3.05, 3.63) is 64.1 Å². The van der Waals surface area contributed by atoms with Gasteiger partial charge in [-0.25, -0.2) is 0 Å². The lowest BCUT2D eigenvalue weighted by atomic mass is 10.1. The average Bonchev–Trinajstić information content (AvgIpc) is 2.71. The molecule has 3 rings (SSSR count). The van der Waals surface area contributed by atoms with Crippen LogP contribution in [0.1, 0.15) is 23.2 Å². The van der Waals surface area contributed by atoms with Gasteiger partial charge in [0, 0.05) is 37.6 Å². The molecule has 5 nitrogen and oxygen atoms in total. The Balaban J connectivity index is 1.41. The second-order valence-corrected chi connectivity index (χ2v) is 7.41. The van der Waals surface area contributed by atoms with Crippen molar-refractivity contribution < 1.29 is 14.3 Å². The summed E-state index contributed by atoms with van der Waals surface area (Å²) in [5, 5.41) is 0.836. The number of benzene rings is 2. The summed E-state index contributed by atoms with van der Waals surface area (Å²) in [5.74, 6) is 0.765. The van der Waals surface area contributed by atoms with Crippen molar-refractivity contribution in [1.29, 1.82) is 0 Å². The number of carbonyl (C=O) groups is 2. The zero-order valence-electron chi connectivity index (χ0n) is 15.4. The number of ether oxygens (including phenoxy) is 1. The minimum atomic E-state index is -0.134. The molecule has 2 aromatic carbocycles. The van der Waals surface area contributed by atoms with Crippen molar-refractivity contribution in [2.75, 3.05) is 32.8 Å². The maximum absolute atomic E-state index is 12.6. The van der Waals surface area contributed by atoms with Crippen LogP contribution in [-0.2, 0) is 4.79 Å². The molecule has 7 heteroatoms. The van der Waals surface area contributed by atoms with Crippen LogP contribution in [0, 0.1) is 0 Å². The van der Waals surface area contributed by atoms with Crippen molar-refractivity contribution in [2.45, 2.75) is 12.8 Å². The first-order valence-corrected chi connectivity index (χ1v) is 10.00. The molecule has 2 aromatic rings. The van der Waals surface area contributed by atoms with E-state index in [9.17, 15) is 9.59 Å². The van der Waals surface area contributed by atoms with Crippen LogP contribution in [0.25, 0.3) is 0 Å². The van der Waals surface area contributed by atoms with Crippen LogP contribution in [0.5, 0.6) is 5.75 Å². The van der Waals surface area contributed by atoms with Gasteiger partial charge in [0.2, 0.25) is 5.91 Å². The molecule has 0 N–H and O–H groups in total. The third-order valence-electron chi connectivity index (χ3n) is 4.63. The maximum atomic E-state index is 12.6. The van der Waals surface area contributed by atoms with Crippen molar-refractivity contribution >= 4 is 35.0 Å². The summed E-state index contributed by atoms with van der Waals surface area (Å²) in [5.41, 5.74) is 0.434. The molecule has 148 valence electrons. The van der Waals surface area contributed by atoms with Gasteiger partial charge in [0.1, 0.15) is 5.75 Å². The Kier molecular flexibility index (Phi) is 7.18. The van der Waals surface area contributed by atoms with E-state index in [1.807, 2.05) is 30.3 Å². The van der Waals surface area contributed by atoms with E-state index in [4.69, 9.17) is 27.9 Å². The van der Waals surface area contributed by atoms with Gasteiger partial charge >= 0.3 is 0 Å². The lowest BCUT2D eigenvalue weighted by molar-refractivity contribution is -0.132. The fourth-order valence-electron chi connectivity index (χ4n) is 3.08. The van der Waals surface area contributed by atoms with E-state index in [1.165, 1.54) is 0 Å². The third kappa shape index (κ3) is 5.40. The molecule has 28 heavy (non-hydrogen) atoms. The Labute approximate surface area is 174 Å². The summed E-state index contributed by atoms with van der Waals surface area (Å²) in [7, 11) is 0. The van der Waals surface area contributed by atoms with E-state index in [1.54, 1.807) is 28.0 Å². The Morgan fingerprint density at radius 2 is 1.61 bits per heavy atom. The molecule has 0 aromatic heterocycles. The predicted octanol–water partition coefficient (Wildman–Crippen LogP) is 4.14. The monoisotopic (exact) mass is 420 g/mol. The van der Waals surface area contributed by atoms with Crippen LogP contribution in [-0.4, -0.2) is 54.4 Å². The van der Waals surface area contributed by atoms with Crippen LogP contribution in [0.2, 0.25) is 10.0 Å². The van der Waals surface area contributed by atoms with E-state index < -0.39 is 0 Å². The number of hydrogen-bond acceptors (Lipinski definition) is 3. The van der Waals surface area contributed by atoms with E-state index in [0.29, 0.717) is 61.2 Å². The molecule has 0 saturated carbocycles. The Hall–Kier alpha value is -2.24. The van der Waals surface area contributed by atoms with E-state index in [2.05, 4.69) is 0 Å². The molecule has 0 unspecified atom stereocenters. The molecule has 1 aliphatic rings. The lowest BCUT2D eigenvalue weighted by Gasteiger charge is -2.35. The van der Waals surface area contributed by atoms with Gasteiger partial charge in [-0.2, -0.15) is 0 Å². The molecule has 1 heterocycles. The largest absolute Gasteiger partial charge is 0.494 e. The van der Waals surface area contributed by atoms with Gasteiger partial charge in [0.25, 0.3) is 5.91 Å². The normalized spacial score (nSPS) is 14.1. The summed E-state index contributed by atoms with van der Waals surface area (Å²) in [6.07, 6.45) is 1.09. The maximum Gasteiger partial charge on any atom is 0.255 e. The zero-order chi connectivity index (χ0) is 19.9. The molecular weight excluding hydrogens is 399 g/mol. The molecule has 1 aliphatic heterocycles. The summed E-state index contributed by atoms with van der Waals surface area (Å²) < 4.78 is 5.62. The van der Waals surface area contributed by atoms with Crippen LogP contribution >= 0.6 is 23.2 Å². The molecule has 2 amide bonds. The molecule has 1 saturated heterocycles. The summed E-state index contributed by atoms with van der Waals surface area (Å²) in [6.45, 7) is 2.53.